The predicted octanol–water partition coefficient (Wildman–Crippen LogP) is 13.9. The number of ketones is 2. The largest absolute Gasteiger partial charge is 0.491 e. The lowest BCUT2D eigenvalue weighted by Crippen LogP contribution is -2.51. The molecule has 4 bridgehead atoms. The minimum Gasteiger partial charge on any atom is -0.491 e. The number of fused-ring (bicyclic) bond motifs is 5. The summed E-state index contributed by atoms with van der Waals surface area (Å²) in [6.45, 7) is 25.3. The quantitative estimate of drug-likeness (QED) is 0.0113. The minimum absolute atomic E-state index is 0.00133. The lowest BCUT2D eigenvalue weighted by Gasteiger charge is -2.35. The topological polar surface area (TPSA) is 319 Å². The first kappa shape index (κ1) is 87.5. The van der Waals surface area contributed by atoms with Crippen LogP contribution < -0.4 is 30.2 Å². The van der Waals surface area contributed by atoms with Gasteiger partial charge >= 0.3 is 34.5 Å². The number of hydrogen-bond acceptors (Lipinski definition) is 19. The Morgan fingerprint density at radius 3 is 1.77 bits per heavy atom. The number of carbonyl (C=O) groups excluding carboxylic acids is 8. The fraction of sp³-hybridized carbons (Fsp3) is 0.430. The SMILES string of the molecule is COC(=O)[C@@H]1Cc2ccc(OCCNC(=O)OC(C)(C)C)c(c2)-c2cc(cc(OCCNC(C)=NC(=O)OC(C)(C)C)c2OCc2ccccc2)[C@H](N(C)C(=O)[C@@H](CC(=O)c2c(C)nc(-c3ccc(C(C)(C)C)cc3)nc2C)CN(Cc2ccccc2)S(=O)(=O)N(Cc2ccccc2)C(=O)OC(C)(C)C)C(=O)C[C@@H](C)C(=O)N1. The molecule has 2 heterocycles. The number of carbonyl (C=O) groups is 8. The summed E-state index contributed by atoms with van der Waals surface area (Å²) in [7, 11) is -2.67. The van der Waals surface area contributed by atoms with E-state index in [2.05, 4.69) is 41.7 Å². The molecule has 0 saturated carbocycles. The molecule has 6 aromatic carbocycles. The van der Waals surface area contributed by atoms with Crippen molar-refractivity contribution in [2.45, 2.75) is 184 Å². The van der Waals surface area contributed by atoms with Crippen molar-refractivity contribution in [3.05, 3.63) is 196 Å². The number of nitrogens with one attached hydrogen (secondary N) is 3. The van der Waals surface area contributed by atoms with Crippen LogP contribution in [0.2, 0.25) is 0 Å². The predicted molar refractivity (Wildman–Crippen MR) is 429 cm³/mol. The number of nitrogens with zero attached hydrogens (tertiary/aromatic N) is 6. The van der Waals surface area contributed by atoms with Crippen LogP contribution in [0, 0.1) is 25.7 Å². The van der Waals surface area contributed by atoms with Crippen molar-refractivity contribution < 1.29 is 79.9 Å². The van der Waals surface area contributed by atoms with E-state index in [0.29, 0.717) is 37.9 Å². The maximum atomic E-state index is 16.9. The Labute approximate surface area is 663 Å². The van der Waals surface area contributed by atoms with Crippen molar-refractivity contribution in [3.63, 3.8) is 0 Å². The third-order valence-electron chi connectivity index (χ3n) is 17.9. The number of aryl methyl sites for hydroxylation is 2. The van der Waals surface area contributed by atoms with Crippen molar-refractivity contribution in [1.29, 1.82) is 0 Å². The number of methoxy groups -OCH3 is 1. The van der Waals surface area contributed by atoms with E-state index in [0.717, 1.165) is 14.8 Å². The molecular weight excluding hydrogens is 1460 g/mol. The minimum atomic E-state index is -5.17. The highest BCUT2D eigenvalue weighted by atomic mass is 32.2. The number of alkyl carbamates (subject to hydrolysis) is 1. The molecule has 0 unspecified atom stereocenters. The van der Waals surface area contributed by atoms with E-state index in [9.17, 15) is 24.0 Å². The molecule has 27 heteroatoms. The zero-order valence-corrected chi connectivity index (χ0v) is 68.8. The molecule has 1 aromatic heterocycles. The van der Waals surface area contributed by atoms with Gasteiger partial charge in [0.25, 0.3) is 0 Å². The van der Waals surface area contributed by atoms with Crippen LogP contribution in [0.4, 0.5) is 14.4 Å². The molecule has 8 rings (SSSR count). The van der Waals surface area contributed by atoms with Gasteiger partial charge in [0.2, 0.25) is 11.8 Å². The number of amides is 5. The van der Waals surface area contributed by atoms with Gasteiger partial charge in [-0.25, -0.2) is 29.1 Å². The number of aromatic nitrogens is 2. The summed E-state index contributed by atoms with van der Waals surface area (Å²) in [6, 6.07) is 38.8. The Morgan fingerprint density at radius 1 is 0.646 bits per heavy atom. The Balaban J connectivity index is 1.39. The van der Waals surface area contributed by atoms with Gasteiger partial charge in [0.05, 0.1) is 49.6 Å². The summed E-state index contributed by atoms with van der Waals surface area (Å²) < 4.78 is 76.2. The zero-order chi connectivity index (χ0) is 82.9. The second-order valence-electron chi connectivity index (χ2n) is 31.9. The summed E-state index contributed by atoms with van der Waals surface area (Å²) in [4.78, 5) is 133. The third-order valence-corrected chi connectivity index (χ3v) is 19.7. The van der Waals surface area contributed by atoms with Crippen LogP contribution in [0.25, 0.3) is 22.5 Å². The van der Waals surface area contributed by atoms with Crippen LogP contribution in [0.15, 0.2) is 151 Å². The third kappa shape index (κ3) is 25.2. The summed E-state index contributed by atoms with van der Waals surface area (Å²) in [5.74, 6) is -6.21. The molecule has 7 aromatic rings. The number of ether oxygens (including phenoxy) is 7. The number of hydrogen-bond donors (Lipinski definition) is 3. The van der Waals surface area contributed by atoms with Gasteiger partial charge in [-0.2, -0.15) is 22.0 Å². The second kappa shape index (κ2) is 38.0. The van der Waals surface area contributed by atoms with Gasteiger partial charge in [0.15, 0.2) is 28.9 Å². The molecule has 0 saturated heterocycles. The van der Waals surface area contributed by atoms with E-state index in [1.165, 1.54) is 27.1 Å². The average molecular weight is 1570 g/mol. The van der Waals surface area contributed by atoms with E-state index in [-0.39, 0.29) is 101 Å². The molecular formula is C86H107N9O17S. The van der Waals surface area contributed by atoms with Crippen LogP contribution >= 0.6 is 0 Å². The van der Waals surface area contributed by atoms with Gasteiger partial charge in [-0.15, -0.1) is 0 Å². The molecule has 26 nitrogen and oxygen atoms in total. The number of aliphatic imine (C=N–C) groups is 1. The van der Waals surface area contributed by atoms with Crippen molar-refractivity contribution in [2.24, 2.45) is 16.8 Å². The Bertz CT molecular complexity index is 4660. The van der Waals surface area contributed by atoms with Crippen LogP contribution in [0.1, 0.15) is 171 Å². The van der Waals surface area contributed by atoms with Gasteiger partial charge in [-0.1, -0.05) is 149 Å². The molecule has 3 N–H and O–H groups in total. The molecule has 113 heavy (non-hydrogen) atoms. The number of benzene rings is 6. The summed E-state index contributed by atoms with van der Waals surface area (Å²) in [5.41, 5.74) is 1.69. The van der Waals surface area contributed by atoms with Crippen LogP contribution in [-0.2, 0) is 79.9 Å². The van der Waals surface area contributed by atoms with E-state index in [1.54, 1.807) is 168 Å². The van der Waals surface area contributed by atoms with Crippen LogP contribution in [0.5, 0.6) is 17.2 Å². The standard InChI is InChI=1S/C86H107N9O17S/c1-54-44-70(97)74(93(17)78(99)64(48-69(96)73-55(2)89-76(90-56(73)3)62-35-37-65(38-36-62)83(5,6)7)52-94(50-58-28-22-19-23-29-58)113(104,105)95(82(103)112-86(14,15)16)51-59-30-24-20-25-31-59)63-47-67(75(109-53-60-32-26-21-27-33-60)72(49-63)108-42-40-87-57(4)91-81(102)111-85(11,12)13)66-45-61(46-68(79(100)106-18)92-77(54)98)34-39-71(66)107-43-41-88-80(101)110-84(8,9)10/h19-39,45,47,49,54,64,68,74H,40-44,46,48,50-53H2,1-18H3,(H,88,101)(H,92,98)(H,87,91,102)/t54-,64+,68+,74+/m1/s1. The molecule has 5 amide bonds. The zero-order valence-electron chi connectivity index (χ0n) is 68.0. The lowest BCUT2D eigenvalue weighted by atomic mass is 9.86. The number of Topliss-reactive ketones (excluding diaryl/α,β-unsaturated/α-hetero) is 2. The van der Waals surface area contributed by atoms with Crippen molar-refractivity contribution in [2.75, 3.05) is 47.0 Å². The van der Waals surface area contributed by atoms with Gasteiger partial charge in [0, 0.05) is 62.0 Å². The molecule has 0 radical (unpaired) electrons. The monoisotopic (exact) mass is 1570 g/mol. The first-order valence-corrected chi connectivity index (χ1v) is 39.0. The Kier molecular flexibility index (Phi) is 29.4. The molecule has 1 aliphatic rings. The van der Waals surface area contributed by atoms with Crippen molar-refractivity contribution in [3.8, 4) is 39.8 Å². The maximum Gasteiger partial charge on any atom is 0.435 e. The average Bonchev–Trinajstić information content (AvgIpc) is 0.792. The molecule has 0 fully saturated rings. The van der Waals surface area contributed by atoms with Gasteiger partial charge < -0.3 is 54.0 Å². The fourth-order valence-electron chi connectivity index (χ4n) is 12.6. The molecule has 604 valence electrons. The summed E-state index contributed by atoms with van der Waals surface area (Å²) in [5, 5.41) is 8.59. The number of rotatable bonds is 26. The fourth-order valence-corrected chi connectivity index (χ4v) is 14.1. The maximum absolute atomic E-state index is 16.9. The summed E-state index contributed by atoms with van der Waals surface area (Å²) in [6.07, 6.45) is -4.29. The highest BCUT2D eigenvalue weighted by Crippen LogP contribution is 2.47. The Hall–Kier alpha value is -11.1. The van der Waals surface area contributed by atoms with E-state index < -0.39 is 131 Å². The number of amidine groups is 1. The molecule has 1 aliphatic heterocycles. The van der Waals surface area contributed by atoms with E-state index in [4.69, 9.17) is 43.1 Å². The van der Waals surface area contributed by atoms with Crippen LogP contribution in [-0.4, -0.2) is 155 Å². The van der Waals surface area contributed by atoms with Gasteiger partial charge in [-0.05, 0) is 146 Å². The van der Waals surface area contributed by atoms with Crippen molar-refractivity contribution >= 4 is 63.7 Å². The Morgan fingerprint density at radius 2 is 1.20 bits per heavy atom. The lowest BCUT2D eigenvalue weighted by molar-refractivity contribution is -0.146. The highest BCUT2D eigenvalue weighted by molar-refractivity contribution is 7.87. The van der Waals surface area contributed by atoms with Gasteiger partial charge in [-0.3, -0.25) is 19.2 Å². The summed E-state index contributed by atoms with van der Waals surface area (Å²) >= 11 is 0. The van der Waals surface area contributed by atoms with Crippen LogP contribution in [0.3, 0.4) is 0 Å². The second-order valence-corrected chi connectivity index (χ2v) is 33.8. The smallest absolute Gasteiger partial charge is 0.435 e. The first-order chi connectivity index (χ1) is 53.1. The van der Waals surface area contributed by atoms with Gasteiger partial charge in [0.1, 0.15) is 60.3 Å². The number of esters is 1. The van der Waals surface area contributed by atoms with Crippen molar-refractivity contribution in [1.82, 2.24) is 39.4 Å². The highest BCUT2D eigenvalue weighted by Gasteiger charge is 2.43. The normalized spacial score (nSPS) is 15.3. The number of likely N-dealkylation sites (N-methyl/N-ethyl adjacent to an activating group) is 1. The molecule has 0 aliphatic carbocycles. The molecule has 4 atom stereocenters. The van der Waals surface area contributed by atoms with E-state index >= 15 is 22.8 Å². The molecule has 0 spiro atoms. The first-order valence-electron chi connectivity index (χ1n) is 37.6. The van der Waals surface area contributed by atoms with E-state index in [1.807, 2.05) is 54.6 Å².